The zero-order chi connectivity index (χ0) is 7.68. The van der Waals surface area contributed by atoms with Crippen molar-refractivity contribution in [3.63, 3.8) is 0 Å². The normalized spacial score (nSPS) is 14.8. The molecule has 0 aromatic carbocycles. The number of hydrogen-bond acceptors (Lipinski definition) is 4. The lowest BCUT2D eigenvalue weighted by Crippen LogP contribution is -2.14. The predicted molar refractivity (Wildman–Crippen MR) is 46.0 cm³/mol. The summed E-state index contributed by atoms with van der Waals surface area (Å²) in [5.41, 5.74) is 0.953. The van der Waals surface area contributed by atoms with E-state index in [1.54, 1.807) is 6.20 Å². The standard InChI is InChI=1S/C7H7N3S/c1-5-9-6-3-2-4-8-7(6)11-10-5/h2-4H,1H3,(H,9,10). The summed E-state index contributed by atoms with van der Waals surface area (Å²) in [6.45, 7) is 1.93. The van der Waals surface area contributed by atoms with Gasteiger partial charge in [0.15, 0.2) is 0 Å². The SMILES string of the molecule is CC1=Nc2cccnc2SN1. The molecule has 3 nitrogen and oxygen atoms in total. The molecule has 0 saturated heterocycles. The quantitative estimate of drug-likeness (QED) is 0.595. The largest absolute Gasteiger partial charge is 0.313 e. The Hall–Kier alpha value is -1.03. The molecular formula is C7H7N3S. The van der Waals surface area contributed by atoms with E-state index in [4.69, 9.17) is 0 Å². The summed E-state index contributed by atoms with van der Waals surface area (Å²) >= 11 is 1.50. The van der Waals surface area contributed by atoms with E-state index < -0.39 is 0 Å². The van der Waals surface area contributed by atoms with Gasteiger partial charge in [-0.15, -0.1) is 0 Å². The van der Waals surface area contributed by atoms with Gasteiger partial charge in [-0.1, -0.05) is 0 Å². The topological polar surface area (TPSA) is 37.3 Å². The second kappa shape index (κ2) is 2.54. The van der Waals surface area contributed by atoms with Crippen LogP contribution in [-0.4, -0.2) is 10.8 Å². The average molecular weight is 165 g/mol. The summed E-state index contributed by atoms with van der Waals surface area (Å²) in [6, 6.07) is 3.85. The molecule has 1 aliphatic rings. The van der Waals surface area contributed by atoms with Crippen LogP contribution >= 0.6 is 11.9 Å². The molecule has 1 aromatic heterocycles. The number of nitrogens with one attached hydrogen (secondary N) is 1. The molecule has 56 valence electrons. The second-order valence-electron chi connectivity index (χ2n) is 2.23. The molecule has 0 atom stereocenters. The minimum absolute atomic E-state index is 0.926. The molecule has 0 spiro atoms. The first-order valence-electron chi connectivity index (χ1n) is 3.29. The summed E-state index contributed by atoms with van der Waals surface area (Å²) < 4.78 is 3.04. The number of amidine groups is 1. The van der Waals surface area contributed by atoms with E-state index >= 15 is 0 Å². The predicted octanol–water partition coefficient (Wildman–Crippen LogP) is 1.74. The highest BCUT2D eigenvalue weighted by molar-refractivity contribution is 7.98. The maximum absolute atomic E-state index is 4.27. The van der Waals surface area contributed by atoms with Crippen LogP contribution in [0.2, 0.25) is 0 Å². The van der Waals surface area contributed by atoms with Crippen molar-refractivity contribution in [3.05, 3.63) is 18.3 Å². The van der Waals surface area contributed by atoms with Crippen LogP contribution in [-0.2, 0) is 0 Å². The third-order valence-corrected chi connectivity index (χ3v) is 2.24. The lowest BCUT2D eigenvalue weighted by molar-refractivity contribution is 1.10. The van der Waals surface area contributed by atoms with Gasteiger partial charge in [0.1, 0.15) is 10.9 Å². The van der Waals surface area contributed by atoms with Crippen LogP contribution in [0.5, 0.6) is 0 Å². The first-order chi connectivity index (χ1) is 5.36. The number of fused-ring (bicyclic) bond motifs is 1. The first-order valence-corrected chi connectivity index (χ1v) is 4.11. The fraction of sp³-hybridized carbons (Fsp3) is 0.143. The lowest BCUT2D eigenvalue weighted by Gasteiger charge is -2.11. The van der Waals surface area contributed by atoms with Gasteiger partial charge in [-0.2, -0.15) is 0 Å². The second-order valence-corrected chi connectivity index (χ2v) is 3.02. The maximum atomic E-state index is 4.27. The molecule has 0 bridgehead atoms. The molecule has 0 saturated carbocycles. The van der Waals surface area contributed by atoms with Crippen molar-refractivity contribution < 1.29 is 0 Å². The molecule has 0 aliphatic carbocycles. The zero-order valence-corrected chi connectivity index (χ0v) is 6.85. The molecule has 11 heavy (non-hydrogen) atoms. The molecular weight excluding hydrogens is 158 g/mol. The summed E-state index contributed by atoms with van der Waals surface area (Å²) in [5.74, 6) is 0.926. The third-order valence-electron chi connectivity index (χ3n) is 1.33. The lowest BCUT2D eigenvalue weighted by atomic mass is 10.4. The van der Waals surface area contributed by atoms with Crippen LogP contribution in [0.15, 0.2) is 28.3 Å². The average Bonchev–Trinajstić information content (AvgIpc) is 2.04. The molecule has 1 aliphatic heterocycles. The Morgan fingerprint density at radius 3 is 3.36 bits per heavy atom. The molecule has 0 fully saturated rings. The highest BCUT2D eigenvalue weighted by atomic mass is 32.2. The summed E-state index contributed by atoms with van der Waals surface area (Å²) in [6.07, 6.45) is 1.77. The first kappa shape index (κ1) is 6.67. The van der Waals surface area contributed by atoms with Gasteiger partial charge < -0.3 is 4.72 Å². The smallest absolute Gasteiger partial charge is 0.142 e. The van der Waals surface area contributed by atoms with Gasteiger partial charge in [0.2, 0.25) is 0 Å². The Kier molecular flexibility index (Phi) is 1.54. The van der Waals surface area contributed by atoms with Crippen LogP contribution < -0.4 is 4.72 Å². The Labute approximate surface area is 69.1 Å². The van der Waals surface area contributed by atoms with Crippen molar-refractivity contribution in [3.8, 4) is 0 Å². The number of aliphatic imine (C=N–C) groups is 1. The molecule has 1 aromatic rings. The number of hydrogen-bond donors (Lipinski definition) is 1. The monoisotopic (exact) mass is 165 g/mol. The molecule has 4 heteroatoms. The fourth-order valence-electron chi connectivity index (χ4n) is 0.872. The zero-order valence-electron chi connectivity index (χ0n) is 6.03. The van der Waals surface area contributed by atoms with E-state index in [1.807, 2.05) is 19.1 Å². The van der Waals surface area contributed by atoms with E-state index in [0.717, 1.165) is 16.5 Å². The van der Waals surface area contributed by atoms with Crippen LogP contribution in [0.25, 0.3) is 0 Å². The van der Waals surface area contributed by atoms with Gasteiger partial charge in [-0.25, -0.2) is 9.98 Å². The van der Waals surface area contributed by atoms with Crippen LogP contribution in [0.1, 0.15) is 6.92 Å². The van der Waals surface area contributed by atoms with E-state index in [1.165, 1.54) is 11.9 Å². The number of rotatable bonds is 0. The van der Waals surface area contributed by atoms with Crippen molar-refractivity contribution in [1.29, 1.82) is 0 Å². The summed E-state index contributed by atoms with van der Waals surface area (Å²) in [7, 11) is 0. The molecule has 2 rings (SSSR count). The Morgan fingerprint density at radius 2 is 2.45 bits per heavy atom. The molecule has 0 amide bonds. The Bertz CT molecular complexity index is 308. The van der Waals surface area contributed by atoms with E-state index in [2.05, 4.69) is 14.7 Å². The highest BCUT2D eigenvalue weighted by Crippen LogP contribution is 2.27. The van der Waals surface area contributed by atoms with Crippen molar-refractivity contribution in [1.82, 2.24) is 9.71 Å². The maximum Gasteiger partial charge on any atom is 0.142 e. The van der Waals surface area contributed by atoms with E-state index in [0.29, 0.717) is 0 Å². The van der Waals surface area contributed by atoms with Crippen LogP contribution in [0.3, 0.4) is 0 Å². The minimum Gasteiger partial charge on any atom is -0.313 e. The minimum atomic E-state index is 0.926. The molecule has 1 N–H and O–H groups in total. The van der Waals surface area contributed by atoms with Crippen molar-refractivity contribution >= 4 is 23.5 Å². The number of nitrogens with zero attached hydrogens (tertiary/aromatic N) is 2. The van der Waals surface area contributed by atoms with Crippen LogP contribution in [0.4, 0.5) is 5.69 Å². The number of aromatic nitrogens is 1. The van der Waals surface area contributed by atoms with Crippen molar-refractivity contribution in [2.24, 2.45) is 4.99 Å². The van der Waals surface area contributed by atoms with Crippen molar-refractivity contribution in [2.75, 3.05) is 0 Å². The third kappa shape index (κ3) is 1.21. The summed E-state index contributed by atoms with van der Waals surface area (Å²) in [4.78, 5) is 8.42. The van der Waals surface area contributed by atoms with Crippen molar-refractivity contribution in [2.45, 2.75) is 11.9 Å². The molecule has 0 radical (unpaired) electrons. The molecule has 0 unspecified atom stereocenters. The van der Waals surface area contributed by atoms with Gasteiger partial charge in [0.25, 0.3) is 0 Å². The van der Waals surface area contributed by atoms with Gasteiger partial charge in [-0.05, 0) is 19.1 Å². The van der Waals surface area contributed by atoms with Gasteiger partial charge >= 0.3 is 0 Å². The summed E-state index contributed by atoms with van der Waals surface area (Å²) in [5, 5.41) is 0.943. The Morgan fingerprint density at radius 1 is 1.55 bits per heavy atom. The Balaban J connectivity index is 2.51. The van der Waals surface area contributed by atoms with Gasteiger partial charge in [0, 0.05) is 18.1 Å². The van der Waals surface area contributed by atoms with Gasteiger partial charge in [-0.3, -0.25) is 0 Å². The van der Waals surface area contributed by atoms with Crippen LogP contribution in [0, 0.1) is 0 Å². The van der Waals surface area contributed by atoms with E-state index in [-0.39, 0.29) is 0 Å². The fourth-order valence-corrected chi connectivity index (χ4v) is 1.49. The molecule has 2 heterocycles. The van der Waals surface area contributed by atoms with E-state index in [9.17, 15) is 0 Å². The number of pyridine rings is 1. The highest BCUT2D eigenvalue weighted by Gasteiger charge is 2.08. The van der Waals surface area contributed by atoms with Gasteiger partial charge in [0.05, 0.1) is 5.69 Å².